The smallest absolute Gasteiger partial charge is 0.230 e. The monoisotopic (exact) mass is 323 g/mol. The number of carbonyl (C=O) groups is 1. The summed E-state index contributed by atoms with van der Waals surface area (Å²) in [6.45, 7) is 5.16. The van der Waals surface area contributed by atoms with Crippen molar-refractivity contribution in [2.45, 2.75) is 20.8 Å². The molecule has 7 heteroatoms. The van der Waals surface area contributed by atoms with Crippen LogP contribution in [-0.2, 0) is 0 Å². The van der Waals surface area contributed by atoms with Crippen LogP contribution in [0.1, 0.15) is 28.7 Å². The minimum atomic E-state index is -0.0641. The summed E-state index contributed by atoms with van der Waals surface area (Å²) in [7, 11) is 1.62. The fourth-order valence-electron chi connectivity index (χ4n) is 2.42. The molecule has 0 aliphatic rings. The first-order valence-corrected chi connectivity index (χ1v) is 7.42. The van der Waals surface area contributed by atoms with E-state index in [1.54, 1.807) is 14.0 Å². The molecular formula is C17H17N5O2. The average molecular weight is 323 g/mol. The Hall–Kier alpha value is -3.09. The van der Waals surface area contributed by atoms with Crippen molar-refractivity contribution in [1.29, 1.82) is 0 Å². The molecule has 0 radical (unpaired) electrons. The van der Waals surface area contributed by atoms with E-state index in [9.17, 15) is 4.79 Å². The Morgan fingerprint density at radius 1 is 1.08 bits per heavy atom. The third kappa shape index (κ3) is 3.01. The Balaban J connectivity index is 1.96. The van der Waals surface area contributed by atoms with E-state index in [-0.39, 0.29) is 5.78 Å². The second-order valence-electron chi connectivity index (χ2n) is 5.39. The number of methoxy groups -OCH3 is 1. The molecule has 0 saturated carbocycles. The molecule has 2 heterocycles. The van der Waals surface area contributed by atoms with Gasteiger partial charge in [0.05, 0.1) is 29.6 Å². The zero-order chi connectivity index (χ0) is 17.3. The fourth-order valence-corrected chi connectivity index (χ4v) is 2.42. The van der Waals surface area contributed by atoms with Crippen molar-refractivity contribution in [2.75, 3.05) is 12.4 Å². The lowest BCUT2D eigenvalue weighted by molar-refractivity contribution is 0.101. The molecule has 0 aliphatic carbocycles. The maximum Gasteiger partial charge on any atom is 0.230 e. The number of benzene rings is 1. The highest BCUT2D eigenvalue weighted by atomic mass is 16.5. The van der Waals surface area contributed by atoms with E-state index in [2.05, 4.69) is 25.3 Å². The predicted molar refractivity (Wildman–Crippen MR) is 90.9 cm³/mol. The molecule has 0 aliphatic heterocycles. The minimum absolute atomic E-state index is 0.0641. The third-order valence-electron chi connectivity index (χ3n) is 3.68. The van der Waals surface area contributed by atoms with Crippen LogP contribution in [0.2, 0.25) is 0 Å². The molecule has 0 bridgehead atoms. The van der Waals surface area contributed by atoms with Crippen LogP contribution >= 0.6 is 0 Å². The summed E-state index contributed by atoms with van der Waals surface area (Å²) in [5, 5.41) is 3.91. The average Bonchev–Trinajstić information content (AvgIpc) is 2.54. The zero-order valence-electron chi connectivity index (χ0n) is 13.9. The van der Waals surface area contributed by atoms with Gasteiger partial charge in [0.25, 0.3) is 0 Å². The van der Waals surface area contributed by atoms with Crippen LogP contribution in [0, 0.1) is 13.8 Å². The molecule has 0 amide bonds. The van der Waals surface area contributed by atoms with Gasteiger partial charge in [0.2, 0.25) is 11.9 Å². The number of anilines is 2. The first kappa shape index (κ1) is 15.8. The molecule has 0 fully saturated rings. The Bertz CT molecular complexity index is 940. The summed E-state index contributed by atoms with van der Waals surface area (Å²) in [6, 6.07) is 5.62. The molecule has 122 valence electrons. The van der Waals surface area contributed by atoms with E-state index in [0.29, 0.717) is 23.2 Å². The van der Waals surface area contributed by atoms with Crippen LogP contribution in [0.4, 0.5) is 11.9 Å². The van der Waals surface area contributed by atoms with Gasteiger partial charge in [-0.2, -0.15) is 0 Å². The summed E-state index contributed by atoms with van der Waals surface area (Å²) >= 11 is 0. The molecule has 0 atom stereocenters. The summed E-state index contributed by atoms with van der Waals surface area (Å²) < 4.78 is 5.23. The van der Waals surface area contributed by atoms with Gasteiger partial charge in [0.15, 0.2) is 5.78 Å². The highest BCUT2D eigenvalue weighted by Gasteiger charge is 2.10. The minimum Gasteiger partial charge on any atom is -0.497 e. The molecular weight excluding hydrogens is 306 g/mol. The molecule has 0 spiro atoms. The van der Waals surface area contributed by atoms with Gasteiger partial charge in [-0.05, 0) is 39.0 Å². The molecule has 0 unspecified atom stereocenters. The molecule has 0 saturated heterocycles. The van der Waals surface area contributed by atoms with E-state index >= 15 is 0 Å². The van der Waals surface area contributed by atoms with Gasteiger partial charge in [-0.1, -0.05) is 0 Å². The number of ketones is 1. The summed E-state index contributed by atoms with van der Waals surface area (Å²) in [5.74, 6) is 1.45. The lowest BCUT2D eigenvalue weighted by Gasteiger charge is -2.09. The van der Waals surface area contributed by atoms with Crippen LogP contribution in [-0.4, -0.2) is 32.8 Å². The number of hydrogen-bond donors (Lipinski definition) is 1. The van der Waals surface area contributed by atoms with Crippen LogP contribution in [0.3, 0.4) is 0 Å². The van der Waals surface area contributed by atoms with Gasteiger partial charge in [-0.15, -0.1) is 0 Å². The van der Waals surface area contributed by atoms with Crippen molar-refractivity contribution < 1.29 is 9.53 Å². The number of aryl methyl sites for hydroxylation is 2. The number of nitrogens with one attached hydrogen (secondary N) is 1. The largest absolute Gasteiger partial charge is 0.497 e. The quantitative estimate of drug-likeness (QED) is 0.738. The normalized spacial score (nSPS) is 10.7. The molecule has 3 aromatic rings. The summed E-state index contributed by atoms with van der Waals surface area (Å²) in [5.41, 5.74) is 2.73. The first-order valence-electron chi connectivity index (χ1n) is 7.42. The van der Waals surface area contributed by atoms with Gasteiger partial charge in [0, 0.05) is 11.6 Å². The molecule has 1 N–H and O–H groups in total. The van der Waals surface area contributed by atoms with Gasteiger partial charge >= 0.3 is 0 Å². The van der Waals surface area contributed by atoms with Crippen molar-refractivity contribution in [3.8, 4) is 5.75 Å². The number of hydrogen-bond acceptors (Lipinski definition) is 7. The third-order valence-corrected chi connectivity index (χ3v) is 3.68. The van der Waals surface area contributed by atoms with Crippen LogP contribution in [0.5, 0.6) is 5.75 Å². The number of Topliss-reactive ketones (excluding diaryl/α,β-unsaturated/α-hetero) is 1. The van der Waals surface area contributed by atoms with E-state index in [0.717, 1.165) is 22.3 Å². The lowest BCUT2D eigenvalue weighted by Crippen LogP contribution is -2.06. The van der Waals surface area contributed by atoms with Crippen molar-refractivity contribution in [1.82, 2.24) is 19.9 Å². The number of fused-ring (bicyclic) bond motifs is 1. The standard InChI is InChI=1S/C17H17N5O2/c1-9-13-7-12(24-4)5-6-15(13)21-17(20-9)22-16-18-8-14(11(3)23)10(2)19-16/h5-8H,1-4H3,(H,18,19,20,21,22). The highest BCUT2D eigenvalue weighted by molar-refractivity contribution is 5.94. The Labute approximate surface area is 139 Å². The number of rotatable bonds is 4. The van der Waals surface area contributed by atoms with Gasteiger partial charge < -0.3 is 4.74 Å². The SMILES string of the molecule is COc1ccc2nc(Nc3ncc(C(C)=O)c(C)n3)nc(C)c2c1. The molecule has 2 aromatic heterocycles. The Morgan fingerprint density at radius 2 is 1.83 bits per heavy atom. The number of nitrogens with zero attached hydrogens (tertiary/aromatic N) is 4. The zero-order valence-corrected chi connectivity index (χ0v) is 13.9. The molecule has 3 rings (SSSR count). The highest BCUT2D eigenvalue weighted by Crippen LogP contribution is 2.23. The maximum atomic E-state index is 11.4. The second kappa shape index (κ2) is 6.19. The van der Waals surface area contributed by atoms with Crippen LogP contribution in [0.15, 0.2) is 24.4 Å². The summed E-state index contributed by atoms with van der Waals surface area (Å²) in [6.07, 6.45) is 1.51. The van der Waals surface area contributed by atoms with Crippen molar-refractivity contribution in [3.63, 3.8) is 0 Å². The molecule has 7 nitrogen and oxygen atoms in total. The molecule has 1 aromatic carbocycles. The van der Waals surface area contributed by atoms with E-state index < -0.39 is 0 Å². The Kier molecular flexibility index (Phi) is 4.07. The Morgan fingerprint density at radius 3 is 2.50 bits per heavy atom. The van der Waals surface area contributed by atoms with E-state index in [1.807, 2.05) is 25.1 Å². The van der Waals surface area contributed by atoms with Gasteiger partial charge in [0.1, 0.15) is 5.75 Å². The summed E-state index contributed by atoms with van der Waals surface area (Å²) in [4.78, 5) is 28.8. The second-order valence-corrected chi connectivity index (χ2v) is 5.39. The number of aromatic nitrogens is 4. The van der Waals surface area contributed by atoms with Gasteiger partial charge in [-0.25, -0.2) is 19.9 Å². The number of ether oxygens (including phenoxy) is 1. The predicted octanol–water partition coefficient (Wildman–Crippen LogP) is 2.99. The van der Waals surface area contributed by atoms with Crippen molar-refractivity contribution in [3.05, 3.63) is 41.3 Å². The van der Waals surface area contributed by atoms with E-state index in [1.165, 1.54) is 13.1 Å². The van der Waals surface area contributed by atoms with Crippen LogP contribution < -0.4 is 10.1 Å². The van der Waals surface area contributed by atoms with Crippen LogP contribution in [0.25, 0.3) is 10.9 Å². The molecule has 24 heavy (non-hydrogen) atoms. The first-order chi connectivity index (χ1) is 11.5. The van der Waals surface area contributed by atoms with Gasteiger partial charge in [-0.3, -0.25) is 10.1 Å². The number of carbonyl (C=O) groups excluding carboxylic acids is 1. The van der Waals surface area contributed by atoms with E-state index in [4.69, 9.17) is 4.74 Å². The van der Waals surface area contributed by atoms with Crippen molar-refractivity contribution in [2.24, 2.45) is 0 Å². The maximum absolute atomic E-state index is 11.4. The fraction of sp³-hybridized carbons (Fsp3) is 0.235. The lowest BCUT2D eigenvalue weighted by atomic mass is 10.2. The topological polar surface area (TPSA) is 89.9 Å². The van der Waals surface area contributed by atoms with Crippen molar-refractivity contribution >= 4 is 28.6 Å².